The molecule has 3 heteroatoms. The van der Waals surface area contributed by atoms with E-state index in [4.69, 9.17) is 4.74 Å². The molecule has 2 heterocycles. The summed E-state index contributed by atoms with van der Waals surface area (Å²) in [6.45, 7) is 12.6. The lowest BCUT2D eigenvalue weighted by Gasteiger charge is -2.33. The molecule has 2 aliphatic heterocycles. The Bertz CT molecular complexity index is 212. The summed E-state index contributed by atoms with van der Waals surface area (Å²) in [5.74, 6) is 0.766. The molecule has 0 bridgehead atoms. The molecule has 16 heavy (non-hydrogen) atoms. The zero-order valence-electron chi connectivity index (χ0n) is 10.8. The second-order valence-corrected chi connectivity index (χ2v) is 6.16. The summed E-state index contributed by atoms with van der Waals surface area (Å²) >= 11 is 0. The third-order valence-electron chi connectivity index (χ3n) is 3.63. The van der Waals surface area contributed by atoms with Gasteiger partial charge in [0.05, 0.1) is 6.61 Å². The molecule has 0 spiro atoms. The molecule has 1 N–H and O–H groups in total. The van der Waals surface area contributed by atoms with Crippen LogP contribution in [0.3, 0.4) is 0 Å². The Morgan fingerprint density at radius 2 is 2.31 bits per heavy atom. The van der Waals surface area contributed by atoms with E-state index in [-0.39, 0.29) is 0 Å². The third-order valence-corrected chi connectivity index (χ3v) is 3.63. The van der Waals surface area contributed by atoms with Gasteiger partial charge in [0, 0.05) is 39.3 Å². The van der Waals surface area contributed by atoms with Crippen LogP contribution < -0.4 is 5.32 Å². The highest BCUT2D eigenvalue weighted by atomic mass is 16.5. The predicted molar refractivity (Wildman–Crippen MR) is 66.6 cm³/mol. The van der Waals surface area contributed by atoms with Crippen LogP contribution in [-0.2, 0) is 4.74 Å². The van der Waals surface area contributed by atoms with Crippen LogP contribution in [0.4, 0.5) is 0 Å². The van der Waals surface area contributed by atoms with Crippen molar-refractivity contribution in [2.45, 2.75) is 26.7 Å². The Balaban J connectivity index is 1.82. The van der Waals surface area contributed by atoms with Gasteiger partial charge >= 0.3 is 0 Å². The lowest BCUT2D eigenvalue weighted by atomic mass is 9.92. The number of rotatable bonds is 2. The SMILES string of the molecule is CC1(C)CNCCN(CC2CCCOC2)C1. The van der Waals surface area contributed by atoms with E-state index in [1.165, 1.54) is 32.5 Å². The van der Waals surface area contributed by atoms with Gasteiger partial charge in [-0.25, -0.2) is 0 Å². The van der Waals surface area contributed by atoms with E-state index in [1.807, 2.05) is 0 Å². The average Bonchev–Trinajstić information content (AvgIpc) is 2.40. The standard InChI is InChI=1S/C13H26N2O/c1-13(2)10-14-5-6-15(11-13)8-12-4-3-7-16-9-12/h12,14H,3-11H2,1-2H3. The molecule has 0 aromatic carbocycles. The van der Waals surface area contributed by atoms with Crippen LogP contribution in [0.2, 0.25) is 0 Å². The topological polar surface area (TPSA) is 24.5 Å². The molecular weight excluding hydrogens is 200 g/mol. The fourth-order valence-electron chi connectivity index (χ4n) is 2.88. The van der Waals surface area contributed by atoms with Crippen LogP contribution in [0.1, 0.15) is 26.7 Å². The summed E-state index contributed by atoms with van der Waals surface area (Å²) in [4.78, 5) is 2.62. The van der Waals surface area contributed by atoms with E-state index in [0.717, 1.165) is 32.2 Å². The molecule has 2 aliphatic rings. The molecule has 0 aromatic rings. The molecule has 0 aliphatic carbocycles. The summed E-state index contributed by atoms with van der Waals surface area (Å²) in [5, 5.41) is 3.53. The Labute approximate surface area is 99.5 Å². The van der Waals surface area contributed by atoms with E-state index >= 15 is 0 Å². The Kier molecular flexibility index (Phi) is 4.22. The first-order chi connectivity index (χ1) is 7.66. The first kappa shape index (κ1) is 12.3. The van der Waals surface area contributed by atoms with E-state index < -0.39 is 0 Å². The second kappa shape index (κ2) is 5.48. The summed E-state index contributed by atoms with van der Waals surface area (Å²) in [7, 11) is 0. The van der Waals surface area contributed by atoms with Gasteiger partial charge < -0.3 is 15.0 Å². The van der Waals surface area contributed by atoms with Gasteiger partial charge in [0.15, 0.2) is 0 Å². The summed E-state index contributed by atoms with van der Waals surface area (Å²) in [5.41, 5.74) is 0.409. The number of hydrogen-bond acceptors (Lipinski definition) is 3. The number of ether oxygens (including phenoxy) is 1. The second-order valence-electron chi connectivity index (χ2n) is 6.16. The van der Waals surface area contributed by atoms with Gasteiger partial charge in [-0.15, -0.1) is 0 Å². The highest BCUT2D eigenvalue weighted by Crippen LogP contribution is 2.21. The third kappa shape index (κ3) is 3.72. The Hall–Kier alpha value is -0.120. The molecule has 0 amide bonds. The van der Waals surface area contributed by atoms with Crippen molar-refractivity contribution in [2.75, 3.05) is 45.9 Å². The van der Waals surface area contributed by atoms with Crippen molar-refractivity contribution in [1.29, 1.82) is 0 Å². The molecule has 2 fully saturated rings. The summed E-state index contributed by atoms with van der Waals surface area (Å²) in [6, 6.07) is 0. The zero-order chi connectivity index (χ0) is 11.4. The van der Waals surface area contributed by atoms with Crippen molar-refractivity contribution >= 4 is 0 Å². The molecule has 94 valence electrons. The zero-order valence-corrected chi connectivity index (χ0v) is 10.8. The molecule has 1 atom stereocenters. The monoisotopic (exact) mass is 226 g/mol. The number of hydrogen-bond donors (Lipinski definition) is 1. The smallest absolute Gasteiger partial charge is 0.0506 e. The molecular formula is C13H26N2O. The highest BCUT2D eigenvalue weighted by Gasteiger charge is 2.26. The van der Waals surface area contributed by atoms with Crippen LogP contribution in [-0.4, -0.2) is 50.8 Å². The molecule has 0 aromatic heterocycles. The lowest BCUT2D eigenvalue weighted by Crippen LogP contribution is -2.39. The number of nitrogens with zero attached hydrogens (tertiary/aromatic N) is 1. The van der Waals surface area contributed by atoms with Crippen LogP contribution in [0.15, 0.2) is 0 Å². The molecule has 0 radical (unpaired) electrons. The van der Waals surface area contributed by atoms with Crippen LogP contribution in [0, 0.1) is 11.3 Å². The molecule has 2 saturated heterocycles. The van der Waals surface area contributed by atoms with Crippen LogP contribution >= 0.6 is 0 Å². The normalized spacial score (nSPS) is 32.2. The van der Waals surface area contributed by atoms with Gasteiger partial charge in [-0.3, -0.25) is 0 Å². The maximum absolute atomic E-state index is 5.56. The van der Waals surface area contributed by atoms with Gasteiger partial charge in [0.25, 0.3) is 0 Å². The fraction of sp³-hybridized carbons (Fsp3) is 1.00. The maximum atomic E-state index is 5.56. The van der Waals surface area contributed by atoms with Crippen molar-refractivity contribution in [1.82, 2.24) is 10.2 Å². The minimum atomic E-state index is 0.409. The van der Waals surface area contributed by atoms with Gasteiger partial charge in [-0.05, 0) is 24.2 Å². The van der Waals surface area contributed by atoms with E-state index in [9.17, 15) is 0 Å². The predicted octanol–water partition coefficient (Wildman–Crippen LogP) is 1.34. The first-order valence-corrected chi connectivity index (χ1v) is 6.66. The van der Waals surface area contributed by atoms with Gasteiger partial charge in [0.2, 0.25) is 0 Å². The van der Waals surface area contributed by atoms with Crippen molar-refractivity contribution < 1.29 is 4.74 Å². The maximum Gasteiger partial charge on any atom is 0.0506 e. The van der Waals surface area contributed by atoms with Crippen molar-refractivity contribution in [2.24, 2.45) is 11.3 Å². The molecule has 2 rings (SSSR count). The minimum absolute atomic E-state index is 0.409. The minimum Gasteiger partial charge on any atom is -0.381 e. The highest BCUT2D eigenvalue weighted by molar-refractivity contribution is 4.81. The summed E-state index contributed by atoms with van der Waals surface area (Å²) < 4.78 is 5.56. The van der Waals surface area contributed by atoms with E-state index in [0.29, 0.717) is 5.41 Å². The Morgan fingerprint density at radius 1 is 1.44 bits per heavy atom. The van der Waals surface area contributed by atoms with Gasteiger partial charge in [-0.1, -0.05) is 13.8 Å². The molecule has 1 unspecified atom stereocenters. The Morgan fingerprint density at radius 3 is 3.06 bits per heavy atom. The fourth-order valence-corrected chi connectivity index (χ4v) is 2.88. The van der Waals surface area contributed by atoms with Crippen molar-refractivity contribution in [3.63, 3.8) is 0 Å². The largest absolute Gasteiger partial charge is 0.381 e. The van der Waals surface area contributed by atoms with Crippen LogP contribution in [0.5, 0.6) is 0 Å². The van der Waals surface area contributed by atoms with Crippen molar-refractivity contribution in [3.8, 4) is 0 Å². The first-order valence-electron chi connectivity index (χ1n) is 6.66. The average molecular weight is 226 g/mol. The lowest BCUT2D eigenvalue weighted by molar-refractivity contribution is 0.0352. The molecule has 0 saturated carbocycles. The van der Waals surface area contributed by atoms with E-state index in [2.05, 4.69) is 24.1 Å². The number of nitrogens with one attached hydrogen (secondary N) is 1. The van der Waals surface area contributed by atoms with E-state index in [1.54, 1.807) is 0 Å². The quantitative estimate of drug-likeness (QED) is 0.769. The van der Waals surface area contributed by atoms with Gasteiger partial charge in [0.1, 0.15) is 0 Å². The van der Waals surface area contributed by atoms with Crippen LogP contribution in [0.25, 0.3) is 0 Å². The summed E-state index contributed by atoms with van der Waals surface area (Å²) in [6.07, 6.45) is 2.60. The van der Waals surface area contributed by atoms with Gasteiger partial charge in [-0.2, -0.15) is 0 Å². The van der Waals surface area contributed by atoms with Crippen molar-refractivity contribution in [3.05, 3.63) is 0 Å². The molecule has 3 nitrogen and oxygen atoms in total.